The van der Waals surface area contributed by atoms with Crippen LogP contribution in [0.15, 0.2) is 54.6 Å². The van der Waals surface area contributed by atoms with Gasteiger partial charge in [-0.3, -0.25) is 0 Å². The van der Waals surface area contributed by atoms with E-state index in [-0.39, 0.29) is 0 Å². The van der Waals surface area contributed by atoms with E-state index in [1.54, 1.807) is 0 Å². The standard InChI is InChI=1S/C24H34O/c25-21-15-8-6-4-2-1-3-5-7-10-16-23-19-13-14-20-24(23)22-17-11-9-12-18-22/h9,11-14,17-20,25H,1-8,10,15-16,21H2. The van der Waals surface area contributed by atoms with Gasteiger partial charge in [-0.15, -0.1) is 0 Å². The Bertz CT molecular complexity index is 561. The van der Waals surface area contributed by atoms with Crippen molar-refractivity contribution >= 4 is 0 Å². The van der Waals surface area contributed by atoms with Crippen molar-refractivity contribution in [3.63, 3.8) is 0 Å². The molecule has 0 saturated carbocycles. The molecular weight excluding hydrogens is 304 g/mol. The maximum Gasteiger partial charge on any atom is 0.0431 e. The highest BCUT2D eigenvalue weighted by atomic mass is 16.2. The fraction of sp³-hybridized carbons (Fsp3) is 0.500. The molecule has 0 amide bonds. The summed E-state index contributed by atoms with van der Waals surface area (Å²) >= 11 is 0. The summed E-state index contributed by atoms with van der Waals surface area (Å²) < 4.78 is 0. The van der Waals surface area contributed by atoms with Gasteiger partial charge in [0.25, 0.3) is 0 Å². The van der Waals surface area contributed by atoms with E-state index < -0.39 is 0 Å². The number of hydrogen-bond acceptors (Lipinski definition) is 1. The lowest BCUT2D eigenvalue weighted by atomic mass is 9.95. The Balaban J connectivity index is 1.60. The van der Waals surface area contributed by atoms with Crippen LogP contribution in [0.25, 0.3) is 11.1 Å². The van der Waals surface area contributed by atoms with E-state index in [0.717, 1.165) is 6.42 Å². The van der Waals surface area contributed by atoms with Crippen molar-refractivity contribution in [2.24, 2.45) is 0 Å². The van der Waals surface area contributed by atoms with Crippen molar-refractivity contribution in [3.8, 4) is 11.1 Å². The average molecular weight is 339 g/mol. The van der Waals surface area contributed by atoms with E-state index >= 15 is 0 Å². The molecule has 0 fully saturated rings. The van der Waals surface area contributed by atoms with Crippen LogP contribution < -0.4 is 0 Å². The molecule has 2 aromatic rings. The van der Waals surface area contributed by atoms with Crippen molar-refractivity contribution in [3.05, 3.63) is 60.2 Å². The number of unbranched alkanes of at least 4 members (excludes halogenated alkanes) is 9. The lowest BCUT2D eigenvalue weighted by Gasteiger charge is -2.09. The van der Waals surface area contributed by atoms with Gasteiger partial charge in [-0.25, -0.2) is 0 Å². The van der Waals surface area contributed by atoms with Crippen molar-refractivity contribution in [2.75, 3.05) is 6.61 Å². The summed E-state index contributed by atoms with van der Waals surface area (Å²) in [6.45, 7) is 0.355. The Morgan fingerprint density at radius 3 is 1.68 bits per heavy atom. The van der Waals surface area contributed by atoms with E-state index in [0.29, 0.717) is 6.61 Å². The quantitative estimate of drug-likeness (QED) is 0.399. The van der Waals surface area contributed by atoms with Crippen molar-refractivity contribution in [2.45, 2.75) is 70.6 Å². The molecule has 1 heteroatoms. The highest BCUT2D eigenvalue weighted by molar-refractivity contribution is 5.67. The average Bonchev–Trinajstić information content (AvgIpc) is 2.67. The van der Waals surface area contributed by atoms with Gasteiger partial charge >= 0.3 is 0 Å². The van der Waals surface area contributed by atoms with Gasteiger partial charge in [-0.05, 0) is 36.0 Å². The van der Waals surface area contributed by atoms with Crippen LogP contribution >= 0.6 is 0 Å². The molecule has 0 aliphatic carbocycles. The molecule has 0 unspecified atom stereocenters. The highest BCUT2D eigenvalue weighted by Gasteiger charge is 2.03. The van der Waals surface area contributed by atoms with Gasteiger partial charge in [0, 0.05) is 6.61 Å². The molecule has 1 nitrogen and oxygen atoms in total. The van der Waals surface area contributed by atoms with Crippen LogP contribution in [0, 0.1) is 0 Å². The van der Waals surface area contributed by atoms with Crippen LogP contribution in [-0.2, 0) is 6.42 Å². The first kappa shape index (κ1) is 19.7. The first-order valence-corrected chi connectivity index (χ1v) is 10.2. The molecule has 0 spiro atoms. The number of aliphatic hydroxyl groups excluding tert-OH is 1. The molecule has 0 aliphatic heterocycles. The highest BCUT2D eigenvalue weighted by Crippen LogP contribution is 2.25. The zero-order chi connectivity index (χ0) is 17.6. The molecule has 0 aliphatic rings. The van der Waals surface area contributed by atoms with E-state index in [1.807, 2.05) is 0 Å². The Morgan fingerprint density at radius 1 is 0.520 bits per heavy atom. The minimum Gasteiger partial charge on any atom is -0.396 e. The predicted octanol–water partition coefficient (Wildman–Crippen LogP) is 6.79. The summed E-state index contributed by atoms with van der Waals surface area (Å²) in [7, 11) is 0. The lowest BCUT2D eigenvalue weighted by molar-refractivity contribution is 0.282. The maximum atomic E-state index is 8.75. The number of aliphatic hydroxyl groups is 1. The number of hydrogen-bond donors (Lipinski definition) is 1. The summed E-state index contributed by atoms with van der Waals surface area (Å²) in [6, 6.07) is 19.6. The molecule has 2 aromatic carbocycles. The zero-order valence-corrected chi connectivity index (χ0v) is 15.6. The van der Waals surface area contributed by atoms with Gasteiger partial charge in [0.1, 0.15) is 0 Å². The number of benzene rings is 2. The summed E-state index contributed by atoms with van der Waals surface area (Å²) in [5.74, 6) is 0. The molecule has 136 valence electrons. The summed E-state index contributed by atoms with van der Waals surface area (Å²) in [6.07, 6.45) is 14.1. The van der Waals surface area contributed by atoms with Crippen molar-refractivity contribution in [1.29, 1.82) is 0 Å². The van der Waals surface area contributed by atoms with Crippen LogP contribution in [0.2, 0.25) is 0 Å². The van der Waals surface area contributed by atoms with Crippen LogP contribution in [0.1, 0.15) is 69.8 Å². The molecule has 0 atom stereocenters. The smallest absolute Gasteiger partial charge is 0.0431 e. The molecule has 25 heavy (non-hydrogen) atoms. The maximum absolute atomic E-state index is 8.75. The number of aryl methyl sites for hydroxylation is 1. The molecule has 0 heterocycles. The molecule has 1 N–H and O–H groups in total. The van der Waals surface area contributed by atoms with Crippen LogP contribution in [0.4, 0.5) is 0 Å². The summed E-state index contributed by atoms with van der Waals surface area (Å²) in [5, 5.41) is 8.75. The summed E-state index contributed by atoms with van der Waals surface area (Å²) in [4.78, 5) is 0. The molecular formula is C24H34O. The third-order valence-electron chi connectivity index (χ3n) is 4.96. The molecule has 2 rings (SSSR count). The van der Waals surface area contributed by atoms with Crippen LogP contribution in [-0.4, -0.2) is 11.7 Å². The second-order valence-electron chi connectivity index (χ2n) is 7.03. The number of rotatable bonds is 13. The van der Waals surface area contributed by atoms with Crippen LogP contribution in [0.3, 0.4) is 0 Å². The minimum absolute atomic E-state index is 0.355. The minimum atomic E-state index is 0.355. The molecule has 0 saturated heterocycles. The van der Waals surface area contributed by atoms with Gasteiger partial charge in [-0.1, -0.05) is 106 Å². The normalized spacial score (nSPS) is 10.9. The Kier molecular flexibility index (Phi) is 10.0. The Hall–Kier alpha value is -1.60. The summed E-state index contributed by atoms with van der Waals surface area (Å²) in [5.41, 5.74) is 4.21. The molecule has 0 bridgehead atoms. The van der Waals surface area contributed by atoms with E-state index in [2.05, 4.69) is 54.6 Å². The topological polar surface area (TPSA) is 20.2 Å². The first-order chi connectivity index (χ1) is 12.4. The predicted molar refractivity (Wildman–Crippen MR) is 109 cm³/mol. The van der Waals surface area contributed by atoms with E-state index in [4.69, 9.17) is 5.11 Å². The van der Waals surface area contributed by atoms with Crippen LogP contribution in [0.5, 0.6) is 0 Å². The fourth-order valence-corrected chi connectivity index (χ4v) is 3.48. The second kappa shape index (κ2) is 12.7. The molecule has 0 radical (unpaired) electrons. The first-order valence-electron chi connectivity index (χ1n) is 10.2. The third kappa shape index (κ3) is 7.88. The van der Waals surface area contributed by atoms with Gasteiger partial charge in [0.15, 0.2) is 0 Å². The van der Waals surface area contributed by atoms with Gasteiger partial charge in [0.05, 0.1) is 0 Å². The van der Waals surface area contributed by atoms with Gasteiger partial charge in [0.2, 0.25) is 0 Å². The third-order valence-corrected chi connectivity index (χ3v) is 4.96. The zero-order valence-electron chi connectivity index (χ0n) is 15.6. The largest absolute Gasteiger partial charge is 0.396 e. The van der Waals surface area contributed by atoms with E-state index in [9.17, 15) is 0 Å². The van der Waals surface area contributed by atoms with Gasteiger partial charge < -0.3 is 5.11 Å². The van der Waals surface area contributed by atoms with E-state index in [1.165, 1.54) is 80.9 Å². The lowest BCUT2D eigenvalue weighted by Crippen LogP contribution is -1.91. The Morgan fingerprint density at radius 2 is 1.04 bits per heavy atom. The second-order valence-corrected chi connectivity index (χ2v) is 7.03. The fourth-order valence-electron chi connectivity index (χ4n) is 3.48. The van der Waals surface area contributed by atoms with Crippen molar-refractivity contribution in [1.82, 2.24) is 0 Å². The molecule has 0 aromatic heterocycles. The Labute approximate surface area is 154 Å². The SMILES string of the molecule is OCCCCCCCCCCCCc1ccccc1-c1ccccc1. The van der Waals surface area contributed by atoms with Gasteiger partial charge in [-0.2, -0.15) is 0 Å². The monoisotopic (exact) mass is 338 g/mol. The van der Waals surface area contributed by atoms with Crippen molar-refractivity contribution < 1.29 is 5.11 Å².